The topological polar surface area (TPSA) is 58.4 Å². The lowest BCUT2D eigenvalue weighted by molar-refractivity contribution is -0.124. The number of carbonyl (C=O) groups is 1. The van der Waals surface area contributed by atoms with Gasteiger partial charge in [-0.15, -0.1) is 0 Å². The van der Waals surface area contributed by atoms with Gasteiger partial charge in [0, 0.05) is 12.6 Å². The van der Waals surface area contributed by atoms with E-state index in [-0.39, 0.29) is 5.91 Å². The average Bonchev–Trinajstić information content (AvgIpc) is 2.78. The van der Waals surface area contributed by atoms with E-state index >= 15 is 0 Å². The van der Waals surface area contributed by atoms with Crippen LogP contribution < -0.4 is 11.1 Å². The summed E-state index contributed by atoms with van der Waals surface area (Å²) in [5.41, 5.74) is 5.10. The molecular formula is C14H27N3O. The second-order valence-electron chi connectivity index (χ2n) is 6.33. The highest BCUT2D eigenvalue weighted by atomic mass is 16.1. The van der Waals surface area contributed by atoms with Crippen LogP contribution in [0.4, 0.5) is 0 Å². The highest BCUT2D eigenvalue weighted by molar-refractivity contribution is 5.85. The zero-order valence-electron chi connectivity index (χ0n) is 11.9. The normalized spacial score (nSPS) is 42.1. The fourth-order valence-electron chi connectivity index (χ4n) is 3.53. The number of likely N-dealkylation sites (N-methyl/N-ethyl adjacent to an activating group) is 1. The van der Waals surface area contributed by atoms with Crippen molar-refractivity contribution in [2.75, 3.05) is 20.1 Å². The Morgan fingerprint density at radius 3 is 2.56 bits per heavy atom. The molecule has 4 unspecified atom stereocenters. The van der Waals surface area contributed by atoms with Crippen molar-refractivity contribution >= 4 is 5.91 Å². The Kier molecular flexibility index (Phi) is 3.97. The Morgan fingerprint density at radius 2 is 2.06 bits per heavy atom. The molecule has 0 radical (unpaired) electrons. The highest BCUT2D eigenvalue weighted by Crippen LogP contribution is 2.35. The van der Waals surface area contributed by atoms with Gasteiger partial charge in [-0.3, -0.25) is 4.79 Å². The van der Waals surface area contributed by atoms with Crippen molar-refractivity contribution in [3.05, 3.63) is 0 Å². The third-order valence-corrected chi connectivity index (χ3v) is 5.32. The maximum atomic E-state index is 11.6. The molecule has 4 heteroatoms. The van der Waals surface area contributed by atoms with E-state index in [1.54, 1.807) is 0 Å². The van der Waals surface area contributed by atoms with Crippen molar-refractivity contribution in [2.24, 2.45) is 17.6 Å². The van der Waals surface area contributed by atoms with Crippen LogP contribution in [0.1, 0.15) is 39.5 Å². The summed E-state index contributed by atoms with van der Waals surface area (Å²) in [6, 6.07) is 0.528. The van der Waals surface area contributed by atoms with Gasteiger partial charge < -0.3 is 16.0 Å². The number of hydrogen-bond donors (Lipinski definition) is 2. The van der Waals surface area contributed by atoms with E-state index in [1.165, 1.54) is 19.5 Å². The zero-order chi connectivity index (χ0) is 13.3. The molecule has 1 saturated carbocycles. The van der Waals surface area contributed by atoms with Crippen LogP contribution in [0.2, 0.25) is 0 Å². The number of likely N-dealkylation sites (tertiary alicyclic amines) is 1. The SMILES string of the molecule is CNC1(C(N)=O)CCC(N2CCC(C)C(C)C2)C1. The number of nitrogens with one attached hydrogen (secondary N) is 1. The molecule has 3 N–H and O–H groups in total. The number of hydrogen-bond acceptors (Lipinski definition) is 3. The third-order valence-electron chi connectivity index (χ3n) is 5.32. The third kappa shape index (κ3) is 2.41. The van der Waals surface area contributed by atoms with Crippen LogP contribution in [0, 0.1) is 11.8 Å². The van der Waals surface area contributed by atoms with E-state index in [9.17, 15) is 4.79 Å². The summed E-state index contributed by atoms with van der Waals surface area (Å²) in [6.45, 7) is 7.03. The number of primary amides is 1. The van der Waals surface area contributed by atoms with Gasteiger partial charge >= 0.3 is 0 Å². The van der Waals surface area contributed by atoms with Gasteiger partial charge in [-0.25, -0.2) is 0 Å². The van der Waals surface area contributed by atoms with Crippen LogP contribution in [0.5, 0.6) is 0 Å². The highest BCUT2D eigenvalue weighted by Gasteiger charge is 2.45. The van der Waals surface area contributed by atoms with Crippen LogP contribution in [0.25, 0.3) is 0 Å². The van der Waals surface area contributed by atoms with Gasteiger partial charge in [0.1, 0.15) is 0 Å². The molecule has 18 heavy (non-hydrogen) atoms. The van der Waals surface area contributed by atoms with Crippen molar-refractivity contribution in [2.45, 2.75) is 51.1 Å². The Morgan fingerprint density at radius 1 is 1.33 bits per heavy atom. The van der Waals surface area contributed by atoms with Gasteiger partial charge in [-0.05, 0) is 51.1 Å². The number of rotatable bonds is 3. The summed E-state index contributed by atoms with van der Waals surface area (Å²) in [7, 11) is 1.86. The van der Waals surface area contributed by atoms with E-state index in [4.69, 9.17) is 5.73 Å². The predicted molar refractivity (Wildman–Crippen MR) is 73.1 cm³/mol. The van der Waals surface area contributed by atoms with E-state index in [0.29, 0.717) is 6.04 Å². The Hall–Kier alpha value is -0.610. The molecule has 1 heterocycles. The van der Waals surface area contributed by atoms with Gasteiger partial charge in [0.15, 0.2) is 0 Å². The molecule has 104 valence electrons. The average molecular weight is 253 g/mol. The monoisotopic (exact) mass is 253 g/mol. The first-order valence-electron chi connectivity index (χ1n) is 7.21. The van der Waals surface area contributed by atoms with Crippen molar-refractivity contribution in [1.82, 2.24) is 10.2 Å². The van der Waals surface area contributed by atoms with Crippen molar-refractivity contribution in [1.29, 1.82) is 0 Å². The van der Waals surface area contributed by atoms with Crippen LogP contribution in [-0.4, -0.2) is 42.5 Å². The van der Waals surface area contributed by atoms with Gasteiger partial charge in [0.25, 0.3) is 0 Å². The lowest BCUT2D eigenvalue weighted by atomic mass is 9.87. The van der Waals surface area contributed by atoms with E-state index in [2.05, 4.69) is 24.1 Å². The summed E-state index contributed by atoms with van der Waals surface area (Å²) in [5.74, 6) is 1.40. The quantitative estimate of drug-likeness (QED) is 0.787. The number of piperidine rings is 1. The lowest BCUT2D eigenvalue weighted by Crippen LogP contribution is -2.53. The fraction of sp³-hybridized carbons (Fsp3) is 0.929. The fourth-order valence-corrected chi connectivity index (χ4v) is 3.53. The van der Waals surface area contributed by atoms with Gasteiger partial charge in [-0.2, -0.15) is 0 Å². The van der Waals surface area contributed by atoms with E-state index < -0.39 is 5.54 Å². The molecular weight excluding hydrogens is 226 g/mol. The molecule has 0 bridgehead atoms. The maximum absolute atomic E-state index is 11.6. The van der Waals surface area contributed by atoms with Crippen LogP contribution >= 0.6 is 0 Å². The predicted octanol–water partition coefficient (Wildman–Crippen LogP) is 0.960. The minimum absolute atomic E-state index is 0.189. The van der Waals surface area contributed by atoms with Crippen LogP contribution in [0.15, 0.2) is 0 Å². The van der Waals surface area contributed by atoms with Gasteiger partial charge in [0.2, 0.25) is 5.91 Å². The van der Waals surface area contributed by atoms with Crippen LogP contribution in [-0.2, 0) is 4.79 Å². The minimum atomic E-state index is -0.461. The number of nitrogens with zero attached hydrogens (tertiary/aromatic N) is 1. The number of carbonyl (C=O) groups excluding carboxylic acids is 1. The molecule has 1 amide bonds. The second kappa shape index (κ2) is 5.17. The smallest absolute Gasteiger partial charge is 0.237 e. The standard InChI is InChI=1S/C14H27N3O/c1-10-5-7-17(9-11(10)2)12-4-6-14(8-12,16-3)13(15)18/h10-12,16H,4-9H2,1-3H3,(H2,15,18). The molecule has 4 nitrogen and oxygen atoms in total. The molecule has 2 aliphatic rings. The van der Waals surface area contributed by atoms with Crippen molar-refractivity contribution < 1.29 is 4.79 Å². The zero-order valence-corrected chi connectivity index (χ0v) is 11.9. The first-order valence-corrected chi connectivity index (χ1v) is 7.21. The van der Waals surface area contributed by atoms with E-state index in [0.717, 1.165) is 31.1 Å². The molecule has 4 atom stereocenters. The maximum Gasteiger partial charge on any atom is 0.237 e. The second-order valence-corrected chi connectivity index (χ2v) is 6.33. The molecule has 1 saturated heterocycles. The molecule has 0 aromatic carbocycles. The largest absolute Gasteiger partial charge is 0.368 e. The molecule has 2 rings (SSSR count). The van der Waals surface area contributed by atoms with E-state index in [1.807, 2.05) is 7.05 Å². The molecule has 0 aromatic rings. The summed E-state index contributed by atoms with van der Waals surface area (Å²) >= 11 is 0. The summed E-state index contributed by atoms with van der Waals surface area (Å²) in [5, 5.41) is 3.16. The summed E-state index contributed by atoms with van der Waals surface area (Å²) in [4.78, 5) is 14.2. The Balaban J connectivity index is 1.98. The molecule has 1 aliphatic carbocycles. The van der Waals surface area contributed by atoms with Crippen LogP contribution in [0.3, 0.4) is 0 Å². The summed E-state index contributed by atoms with van der Waals surface area (Å²) in [6.07, 6.45) is 4.12. The van der Waals surface area contributed by atoms with Gasteiger partial charge in [-0.1, -0.05) is 13.8 Å². The molecule has 0 aromatic heterocycles. The molecule has 1 aliphatic heterocycles. The Bertz CT molecular complexity index is 320. The van der Waals surface area contributed by atoms with Gasteiger partial charge in [0.05, 0.1) is 5.54 Å². The number of amides is 1. The lowest BCUT2D eigenvalue weighted by Gasteiger charge is -2.39. The first-order chi connectivity index (χ1) is 8.48. The first kappa shape index (κ1) is 13.8. The van der Waals surface area contributed by atoms with Crippen molar-refractivity contribution in [3.8, 4) is 0 Å². The van der Waals surface area contributed by atoms with Crippen molar-refractivity contribution in [3.63, 3.8) is 0 Å². The Labute approximate surface area is 110 Å². The summed E-state index contributed by atoms with van der Waals surface area (Å²) < 4.78 is 0. The minimum Gasteiger partial charge on any atom is -0.368 e. The molecule has 2 fully saturated rings. The molecule has 0 spiro atoms. The number of nitrogens with two attached hydrogens (primary N) is 1.